The van der Waals surface area contributed by atoms with Gasteiger partial charge in [0.15, 0.2) is 5.79 Å². The second-order valence-corrected chi connectivity index (χ2v) is 2.80. The van der Waals surface area contributed by atoms with Crippen LogP contribution in [0.25, 0.3) is 0 Å². The van der Waals surface area contributed by atoms with E-state index in [2.05, 4.69) is 6.92 Å². The summed E-state index contributed by atoms with van der Waals surface area (Å²) in [5.74, 6) is -0.783. The molecule has 0 spiro atoms. The molecule has 1 aliphatic heterocycles. The highest BCUT2D eigenvalue weighted by Gasteiger charge is 2.49. The molecule has 1 saturated heterocycles. The van der Waals surface area contributed by atoms with Gasteiger partial charge in [0, 0.05) is 0 Å². The lowest BCUT2D eigenvalue weighted by Crippen LogP contribution is -2.06. The zero-order valence-electron chi connectivity index (χ0n) is 6.05. The van der Waals surface area contributed by atoms with Crippen LogP contribution in [0.3, 0.4) is 0 Å². The Balaban J connectivity index is 2.06. The normalized spacial score (nSPS) is 41.0. The maximum atomic E-state index is 9.10. The van der Waals surface area contributed by atoms with E-state index >= 15 is 0 Å². The molecular formula is C7H14O2. The Morgan fingerprint density at radius 3 is 2.56 bits per heavy atom. The molecule has 0 saturated carbocycles. The van der Waals surface area contributed by atoms with Crippen LogP contribution in [0.2, 0.25) is 0 Å². The highest BCUT2D eigenvalue weighted by Crippen LogP contribution is 2.36. The van der Waals surface area contributed by atoms with E-state index in [0.717, 1.165) is 12.8 Å². The van der Waals surface area contributed by atoms with Crippen LogP contribution in [0.15, 0.2) is 0 Å². The van der Waals surface area contributed by atoms with Gasteiger partial charge >= 0.3 is 0 Å². The Morgan fingerprint density at radius 2 is 2.22 bits per heavy atom. The van der Waals surface area contributed by atoms with Crippen molar-refractivity contribution in [3.8, 4) is 0 Å². The van der Waals surface area contributed by atoms with Gasteiger partial charge in [0.2, 0.25) is 0 Å². The van der Waals surface area contributed by atoms with Gasteiger partial charge in [-0.2, -0.15) is 0 Å². The molecule has 0 aromatic rings. The highest BCUT2D eigenvalue weighted by molar-refractivity contribution is 4.87. The topological polar surface area (TPSA) is 32.8 Å². The van der Waals surface area contributed by atoms with Gasteiger partial charge in [-0.05, 0) is 13.3 Å². The fraction of sp³-hybridized carbons (Fsp3) is 1.00. The van der Waals surface area contributed by atoms with E-state index in [0.29, 0.717) is 0 Å². The smallest absolute Gasteiger partial charge is 0.190 e. The molecule has 54 valence electrons. The fourth-order valence-corrected chi connectivity index (χ4v) is 0.970. The first kappa shape index (κ1) is 7.03. The number of hydrogen-bond acceptors (Lipinski definition) is 2. The third kappa shape index (κ3) is 1.66. The Bertz CT molecular complexity index is 99.1. The van der Waals surface area contributed by atoms with Crippen LogP contribution in [0.1, 0.15) is 33.1 Å². The molecule has 1 rings (SSSR count). The van der Waals surface area contributed by atoms with Crippen molar-refractivity contribution in [3.63, 3.8) is 0 Å². The molecule has 2 nitrogen and oxygen atoms in total. The Kier molecular flexibility index (Phi) is 1.78. The zero-order valence-corrected chi connectivity index (χ0v) is 6.05. The largest absolute Gasteiger partial charge is 0.364 e. The second kappa shape index (κ2) is 2.27. The molecule has 2 heteroatoms. The molecule has 2 unspecified atom stereocenters. The zero-order chi connectivity index (χ0) is 6.91. The summed E-state index contributed by atoms with van der Waals surface area (Å²) in [5.41, 5.74) is 0. The summed E-state index contributed by atoms with van der Waals surface area (Å²) in [6, 6.07) is 0. The minimum absolute atomic E-state index is 0.123. The molecule has 2 atom stereocenters. The quantitative estimate of drug-likeness (QED) is 0.584. The molecule has 9 heavy (non-hydrogen) atoms. The third-order valence-electron chi connectivity index (χ3n) is 1.74. The summed E-state index contributed by atoms with van der Waals surface area (Å²) in [4.78, 5) is 0. The molecule has 1 fully saturated rings. The number of unbranched alkanes of at least 4 members (excludes halogenated alkanes) is 1. The summed E-state index contributed by atoms with van der Waals surface area (Å²) in [6.07, 6.45) is 3.46. The van der Waals surface area contributed by atoms with E-state index in [4.69, 9.17) is 9.84 Å². The molecule has 0 aromatic carbocycles. The van der Waals surface area contributed by atoms with Crippen LogP contribution in [0.4, 0.5) is 0 Å². The summed E-state index contributed by atoms with van der Waals surface area (Å²) >= 11 is 0. The molecule has 0 aliphatic carbocycles. The Morgan fingerprint density at radius 1 is 1.67 bits per heavy atom. The number of hydrogen-bond donors (Lipinski definition) is 1. The Labute approximate surface area is 55.8 Å². The van der Waals surface area contributed by atoms with Gasteiger partial charge in [0.05, 0.1) is 0 Å². The van der Waals surface area contributed by atoms with Gasteiger partial charge in [-0.15, -0.1) is 0 Å². The average molecular weight is 130 g/mol. The lowest BCUT2D eigenvalue weighted by atomic mass is 10.1. The van der Waals surface area contributed by atoms with Crippen LogP contribution >= 0.6 is 0 Å². The monoisotopic (exact) mass is 130 g/mol. The lowest BCUT2D eigenvalue weighted by Gasteiger charge is -1.92. The fourth-order valence-electron chi connectivity index (χ4n) is 0.970. The lowest BCUT2D eigenvalue weighted by molar-refractivity contribution is 0.0549. The second-order valence-electron chi connectivity index (χ2n) is 2.80. The van der Waals surface area contributed by atoms with E-state index in [-0.39, 0.29) is 6.10 Å². The van der Waals surface area contributed by atoms with Crippen molar-refractivity contribution in [3.05, 3.63) is 0 Å². The van der Waals surface area contributed by atoms with Crippen LogP contribution in [0.5, 0.6) is 0 Å². The van der Waals surface area contributed by atoms with Gasteiger partial charge in [-0.3, -0.25) is 0 Å². The van der Waals surface area contributed by atoms with Crippen molar-refractivity contribution in [2.75, 3.05) is 0 Å². The number of rotatable bonds is 3. The molecule has 0 radical (unpaired) electrons. The molecular weight excluding hydrogens is 116 g/mol. The highest BCUT2D eigenvalue weighted by atomic mass is 16.7. The van der Waals surface area contributed by atoms with Gasteiger partial charge in [-0.25, -0.2) is 0 Å². The predicted octanol–water partition coefficient (Wildman–Crippen LogP) is 1.28. The van der Waals surface area contributed by atoms with E-state index < -0.39 is 5.79 Å². The number of aliphatic hydroxyl groups is 1. The maximum Gasteiger partial charge on any atom is 0.190 e. The SMILES string of the molecule is CCCCC1OC1(C)O. The summed E-state index contributed by atoms with van der Waals surface area (Å²) < 4.78 is 4.96. The first-order valence-corrected chi connectivity index (χ1v) is 3.57. The first-order chi connectivity index (χ1) is 4.17. The van der Waals surface area contributed by atoms with Crippen molar-refractivity contribution < 1.29 is 9.84 Å². The van der Waals surface area contributed by atoms with E-state index in [1.54, 1.807) is 6.92 Å². The van der Waals surface area contributed by atoms with E-state index in [9.17, 15) is 0 Å². The molecule has 0 aromatic heterocycles. The minimum atomic E-state index is -0.783. The van der Waals surface area contributed by atoms with Gasteiger partial charge in [0.1, 0.15) is 6.10 Å². The Hall–Kier alpha value is -0.0800. The van der Waals surface area contributed by atoms with Crippen molar-refractivity contribution in [1.82, 2.24) is 0 Å². The van der Waals surface area contributed by atoms with Crippen LogP contribution in [-0.4, -0.2) is 17.0 Å². The van der Waals surface area contributed by atoms with Crippen molar-refractivity contribution in [1.29, 1.82) is 0 Å². The third-order valence-corrected chi connectivity index (χ3v) is 1.74. The molecule has 0 bridgehead atoms. The van der Waals surface area contributed by atoms with Gasteiger partial charge in [0.25, 0.3) is 0 Å². The summed E-state index contributed by atoms with van der Waals surface area (Å²) in [7, 11) is 0. The maximum absolute atomic E-state index is 9.10. The van der Waals surface area contributed by atoms with Crippen LogP contribution < -0.4 is 0 Å². The van der Waals surface area contributed by atoms with Crippen molar-refractivity contribution in [2.45, 2.75) is 45.0 Å². The van der Waals surface area contributed by atoms with Gasteiger partial charge < -0.3 is 9.84 Å². The standard InChI is InChI=1S/C7H14O2/c1-3-4-5-6-7(2,8)9-6/h6,8H,3-5H2,1-2H3. The molecule has 1 aliphatic rings. The van der Waals surface area contributed by atoms with E-state index in [1.165, 1.54) is 6.42 Å². The van der Waals surface area contributed by atoms with Crippen LogP contribution in [-0.2, 0) is 4.74 Å². The van der Waals surface area contributed by atoms with Gasteiger partial charge in [-0.1, -0.05) is 19.8 Å². The number of ether oxygens (including phenoxy) is 1. The summed E-state index contributed by atoms with van der Waals surface area (Å²) in [5, 5.41) is 9.10. The molecule has 0 amide bonds. The molecule has 1 heterocycles. The first-order valence-electron chi connectivity index (χ1n) is 3.57. The van der Waals surface area contributed by atoms with Crippen molar-refractivity contribution >= 4 is 0 Å². The number of epoxide rings is 1. The summed E-state index contributed by atoms with van der Waals surface area (Å²) in [6.45, 7) is 3.85. The van der Waals surface area contributed by atoms with Crippen molar-refractivity contribution in [2.24, 2.45) is 0 Å². The average Bonchev–Trinajstić information content (AvgIpc) is 2.35. The minimum Gasteiger partial charge on any atom is -0.364 e. The van der Waals surface area contributed by atoms with E-state index in [1.807, 2.05) is 0 Å². The van der Waals surface area contributed by atoms with Crippen LogP contribution in [0, 0.1) is 0 Å². The molecule has 1 N–H and O–H groups in total. The predicted molar refractivity (Wildman–Crippen MR) is 35.0 cm³/mol.